The minimum Gasteiger partial charge on any atom is -0.444 e. The van der Waals surface area contributed by atoms with E-state index in [9.17, 15) is 4.79 Å². The maximum atomic E-state index is 11.9. The van der Waals surface area contributed by atoms with E-state index >= 15 is 0 Å². The number of nitrogens with zero attached hydrogens (tertiary/aromatic N) is 1. The van der Waals surface area contributed by atoms with Crippen molar-refractivity contribution in [1.82, 2.24) is 10.2 Å². The summed E-state index contributed by atoms with van der Waals surface area (Å²) in [6, 6.07) is 0.884. The van der Waals surface area contributed by atoms with Crippen LogP contribution in [-0.4, -0.2) is 48.3 Å². The maximum absolute atomic E-state index is 11.9. The highest BCUT2D eigenvalue weighted by Crippen LogP contribution is 2.36. The Morgan fingerprint density at radius 3 is 2.64 bits per heavy atom. The molecule has 1 saturated heterocycles. The second-order valence-corrected chi connectivity index (χ2v) is 7.76. The monoisotopic (exact) mass is 311 g/mol. The van der Waals surface area contributed by atoms with Crippen molar-refractivity contribution < 1.29 is 9.53 Å². The number of rotatable bonds is 4. The third-order valence-corrected chi connectivity index (χ3v) is 4.91. The highest BCUT2D eigenvalue weighted by atomic mass is 16.6. The zero-order valence-electron chi connectivity index (χ0n) is 14.4. The van der Waals surface area contributed by atoms with Crippen molar-refractivity contribution in [2.75, 3.05) is 19.6 Å². The van der Waals surface area contributed by atoms with Gasteiger partial charge in [0.25, 0.3) is 0 Å². The molecule has 0 radical (unpaired) electrons. The first-order valence-electron chi connectivity index (χ1n) is 8.83. The number of carbonyl (C=O) groups is 1. The summed E-state index contributed by atoms with van der Waals surface area (Å²) in [7, 11) is 0. The lowest BCUT2D eigenvalue weighted by Crippen LogP contribution is -2.57. The number of hydrogen-bond acceptors (Lipinski definition) is 4. The summed E-state index contributed by atoms with van der Waals surface area (Å²) in [5.41, 5.74) is 5.55. The fourth-order valence-electron chi connectivity index (χ4n) is 3.97. The molecule has 22 heavy (non-hydrogen) atoms. The Morgan fingerprint density at radius 2 is 1.95 bits per heavy atom. The van der Waals surface area contributed by atoms with Crippen molar-refractivity contribution in [1.29, 1.82) is 0 Å². The summed E-state index contributed by atoms with van der Waals surface area (Å²) in [5, 5.41) is 2.90. The molecule has 2 fully saturated rings. The number of likely N-dealkylation sites (tertiary alicyclic amines) is 1. The van der Waals surface area contributed by atoms with Crippen LogP contribution in [0.4, 0.5) is 4.79 Å². The molecular formula is C17H33N3O2. The molecule has 1 saturated carbocycles. The lowest BCUT2D eigenvalue weighted by atomic mass is 9.77. The Balaban J connectivity index is 1.88. The number of piperidine rings is 1. The number of carbonyl (C=O) groups excluding carboxylic acids is 1. The largest absolute Gasteiger partial charge is 0.444 e. The standard InChI is InChI=1S/C17H33N3O2/c1-17(2,3)22-16(21)19-12-14(11-18)20-10-6-8-13-7-4-5-9-15(13)20/h13-15H,4-12,18H2,1-3H3,(H,19,21). The van der Waals surface area contributed by atoms with Crippen LogP contribution in [0.3, 0.4) is 0 Å². The predicted molar refractivity (Wildman–Crippen MR) is 88.8 cm³/mol. The normalized spacial score (nSPS) is 27.8. The zero-order chi connectivity index (χ0) is 16.2. The maximum Gasteiger partial charge on any atom is 0.407 e. The Morgan fingerprint density at radius 1 is 1.27 bits per heavy atom. The first-order valence-corrected chi connectivity index (χ1v) is 8.83. The number of nitrogens with two attached hydrogens (primary N) is 1. The van der Waals surface area contributed by atoms with E-state index in [4.69, 9.17) is 10.5 Å². The van der Waals surface area contributed by atoms with Gasteiger partial charge in [0.1, 0.15) is 5.60 Å². The van der Waals surface area contributed by atoms with Crippen LogP contribution >= 0.6 is 0 Å². The van der Waals surface area contributed by atoms with Gasteiger partial charge < -0.3 is 15.8 Å². The van der Waals surface area contributed by atoms with Gasteiger partial charge in [0, 0.05) is 25.2 Å². The number of nitrogens with one attached hydrogen (secondary N) is 1. The summed E-state index contributed by atoms with van der Waals surface area (Å²) in [5.74, 6) is 0.832. The van der Waals surface area contributed by atoms with Crippen LogP contribution in [0.1, 0.15) is 59.3 Å². The van der Waals surface area contributed by atoms with Crippen LogP contribution in [0.25, 0.3) is 0 Å². The smallest absolute Gasteiger partial charge is 0.407 e. The fourth-order valence-corrected chi connectivity index (χ4v) is 3.97. The molecule has 0 spiro atoms. The lowest BCUT2D eigenvalue weighted by Gasteiger charge is -2.47. The summed E-state index contributed by atoms with van der Waals surface area (Å²) in [6.45, 7) is 7.91. The molecule has 0 bridgehead atoms. The van der Waals surface area contributed by atoms with E-state index in [1.54, 1.807) is 0 Å². The average molecular weight is 311 g/mol. The molecule has 0 aromatic heterocycles. The molecule has 5 heteroatoms. The van der Waals surface area contributed by atoms with Crippen molar-refractivity contribution in [3.05, 3.63) is 0 Å². The molecule has 3 atom stereocenters. The molecule has 1 aliphatic heterocycles. The highest BCUT2D eigenvalue weighted by Gasteiger charge is 2.36. The van der Waals surface area contributed by atoms with Gasteiger partial charge >= 0.3 is 6.09 Å². The van der Waals surface area contributed by atoms with Gasteiger partial charge in [-0.25, -0.2) is 4.79 Å². The molecule has 1 aliphatic carbocycles. The zero-order valence-corrected chi connectivity index (χ0v) is 14.4. The lowest BCUT2D eigenvalue weighted by molar-refractivity contribution is 0.0235. The van der Waals surface area contributed by atoms with Crippen LogP contribution in [0, 0.1) is 5.92 Å². The van der Waals surface area contributed by atoms with Crippen molar-refractivity contribution in [3.63, 3.8) is 0 Å². The first-order chi connectivity index (χ1) is 10.4. The minimum absolute atomic E-state index is 0.221. The molecule has 0 aromatic rings. The molecule has 2 rings (SSSR count). The summed E-state index contributed by atoms with van der Waals surface area (Å²) >= 11 is 0. The van der Waals surface area contributed by atoms with Gasteiger partial charge in [-0.3, -0.25) is 4.90 Å². The molecule has 1 heterocycles. The third-order valence-electron chi connectivity index (χ3n) is 4.91. The van der Waals surface area contributed by atoms with Gasteiger partial charge in [-0.05, 0) is 58.9 Å². The van der Waals surface area contributed by atoms with Crippen LogP contribution < -0.4 is 11.1 Å². The Bertz CT molecular complexity index is 365. The van der Waals surface area contributed by atoms with Crippen LogP contribution in [0.2, 0.25) is 0 Å². The number of alkyl carbamates (subject to hydrolysis) is 1. The second-order valence-electron chi connectivity index (χ2n) is 7.76. The van der Waals surface area contributed by atoms with Gasteiger partial charge in [0.05, 0.1) is 0 Å². The van der Waals surface area contributed by atoms with E-state index < -0.39 is 5.60 Å². The number of hydrogen-bond donors (Lipinski definition) is 2. The molecular weight excluding hydrogens is 278 g/mol. The van der Waals surface area contributed by atoms with E-state index in [1.807, 2.05) is 20.8 Å². The van der Waals surface area contributed by atoms with E-state index in [0.717, 1.165) is 12.5 Å². The van der Waals surface area contributed by atoms with E-state index in [1.165, 1.54) is 38.5 Å². The predicted octanol–water partition coefficient (Wildman–Crippen LogP) is 2.49. The number of fused-ring (bicyclic) bond motifs is 1. The first kappa shape index (κ1) is 17.5. The summed E-state index contributed by atoms with van der Waals surface area (Å²) < 4.78 is 5.32. The Kier molecular flexibility index (Phi) is 6.09. The van der Waals surface area contributed by atoms with Gasteiger partial charge in [0.2, 0.25) is 0 Å². The topological polar surface area (TPSA) is 67.6 Å². The molecule has 3 unspecified atom stereocenters. The van der Waals surface area contributed by atoms with Crippen molar-refractivity contribution in [2.45, 2.75) is 77.0 Å². The molecule has 2 aliphatic rings. The van der Waals surface area contributed by atoms with Gasteiger partial charge in [-0.2, -0.15) is 0 Å². The minimum atomic E-state index is -0.456. The number of ether oxygens (including phenoxy) is 1. The van der Waals surface area contributed by atoms with Crippen LogP contribution in [0.15, 0.2) is 0 Å². The highest BCUT2D eigenvalue weighted by molar-refractivity contribution is 5.67. The van der Waals surface area contributed by atoms with E-state index in [-0.39, 0.29) is 12.1 Å². The SMILES string of the molecule is CC(C)(C)OC(=O)NCC(CN)N1CCCC2CCCCC21. The molecule has 0 aromatic carbocycles. The fraction of sp³-hybridized carbons (Fsp3) is 0.941. The molecule has 5 nitrogen and oxygen atoms in total. The van der Waals surface area contributed by atoms with Crippen molar-refractivity contribution in [3.8, 4) is 0 Å². The van der Waals surface area contributed by atoms with Crippen molar-refractivity contribution >= 4 is 6.09 Å². The molecule has 128 valence electrons. The number of amides is 1. The van der Waals surface area contributed by atoms with Gasteiger partial charge in [-0.15, -0.1) is 0 Å². The second kappa shape index (κ2) is 7.64. The Labute approximate surface area is 134 Å². The van der Waals surface area contributed by atoms with Crippen LogP contribution in [0.5, 0.6) is 0 Å². The van der Waals surface area contributed by atoms with Crippen molar-refractivity contribution in [2.24, 2.45) is 11.7 Å². The van der Waals surface area contributed by atoms with E-state index in [2.05, 4.69) is 10.2 Å². The molecule has 3 N–H and O–H groups in total. The van der Waals surface area contributed by atoms with Crippen LogP contribution in [-0.2, 0) is 4.74 Å². The third kappa shape index (κ3) is 4.85. The quantitative estimate of drug-likeness (QED) is 0.837. The van der Waals surface area contributed by atoms with E-state index in [0.29, 0.717) is 19.1 Å². The van der Waals surface area contributed by atoms with Gasteiger partial charge in [0.15, 0.2) is 0 Å². The van der Waals surface area contributed by atoms with Gasteiger partial charge in [-0.1, -0.05) is 12.8 Å². The average Bonchev–Trinajstić information content (AvgIpc) is 2.46. The summed E-state index contributed by atoms with van der Waals surface area (Å²) in [6.07, 6.45) is 7.61. The molecule has 1 amide bonds. The Hall–Kier alpha value is -0.810. The summed E-state index contributed by atoms with van der Waals surface area (Å²) in [4.78, 5) is 14.4.